The van der Waals surface area contributed by atoms with E-state index in [2.05, 4.69) is 0 Å². The lowest BCUT2D eigenvalue weighted by Crippen LogP contribution is -2.23. The van der Waals surface area contributed by atoms with Crippen LogP contribution in [0, 0.1) is 5.82 Å². The second-order valence-corrected chi connectivity index (χ2v) is 5.01. The Kier molecular flexibility index (Phi) is 5.27. The summed E-state index contributed by atoms with van der Waals surface area (Å²) in [5.41, 5.74) is -1.50. The Labute approximate surface area is 117 Å². The first-order valence-electron chi connectivity index (χ1n) is 5.24. The molecule has 0 radical (unpaired) electrons. The van der Waals surface area contributed by atoms with Crippen LogP contribution >= 0.6 is 0 Å². The highest BCUT2D eigenvalue weighted by molar-refractivity contribution is 7.85. The van der Waals surface area contributed by atoms with E-state index in [1.54, 1.807) is 4.98 Å². The van der Waals surface area contributed by atoms with Crippen molar-refractivity contribution in [3.63, 3.8) is 0 Å². The third kappa shape index (κ3) is 5.12. The van der Waals surface area contributed by atoms with Gasteiger partial charge in [0.1, 0.15) is 6.29 Å². The number of benzene rings is 1. The van der Waals surface area contributed by atoms with E-state index in [1.165, 1.54) is 18.2 Å². The maximum Gasteiger partial charge on any atom is 0.325 e. The van der Waals surface area contributed by atoms with Crippen molar-refractivity contribution in [2.24, 2.45) is 0 Å². The molecule has 0 aliphatic rings. The van der Waals surface area contributed by atoms with Gasteiger partial charge in [-0.15, -0.1) is 0 Å². The second-order valence-electron chi connectivity index (χ2n) is 3.59. The molecule has 0 spiro atoms. The van der Waals surface area contributed by atoms with E-state index >= 15 is 0 Å². The van der Waals surface area contributed by atoms with Gasteiger partial charge in [0.2, 0.25) is 5.82 Å². The normalized spacial score (nSPS) is 10.4. The summed E-state index contributed by atoms with van der Waals surface area (Å²) in [7, 11) is -4.19. The fourth-order valence-corrected chi connectivity index (χ4v) is 1.68. The lowest BCUT2D eigenvalue weighted by molar-refractivity contribution is 0.112. The number of aromatic nitrogens is 2. The molecule has 0 saturated heterocycles. The van der Waals surface area contributed by atoms with Crippen molar-refractivity contribution in [3.8, 4) is 0 Å². The molecule has 0 amide bonds. The number of hydrogen-bond donors (Lipinski definition) is 3. The molecule has 0 aliphatic heterocycles. The van der Waals surface area contributed by atoms with Crippen LogP contribution in [-0.2, 0) is 10.1 Å². The zero-order valence-corrected chi connectivity index (χ0v) is 11.1. The zero-order valence-electron chi connectivity index (χ0n) is 10.2. The first kappa shape index (κ1) is 16.5. The molecule has 21 heavy (non-hydrogen) atoms. The molecule has 0 unspecified atom stereocenters. The molecule has 1 aromatic carbocycles. The molecule has 3 N–H and O–H groups in total. The average molecular weight is 316 g/mol. The standard InChI is InChI=1S/C7H6O4S.C4H3FN2O2/c8-5-6-2-1-3-7(4-6)12(9,10)11;5-2-1-6-4(9)7-3(2)8/h1-5H,(H,9,10,11);1H,(H2,6,7,8,9). The average Bonchev–Trinajstić information content (AvgIpc) is 2.43. The summed E-state index contributed by atoms with van der Waals surface area (Å²) >= 11 is 0. The van der Waals surface area contributed by atoms with Crippen LogP contribution in [0.25, 0.3) is 0 Å². The van der Waals surface area contributed by atoms with Crippen LogP contribution < -0.4 is 11.2 Å². The number of carbonyl (C=O) groups excluding carboxylic acids is 1. The minimum Gasteiger partial charge on any atom is -0.311 e. The molecule has 0 atom stereocenters. The lowest BCUT2D eigenvalue weighted by atomic mass is 10.2. The Morgan fingerprint density at radius 2 is 1.90 bits per heavy atom. The molecular formula is C11H9FN2O6S. The quantitative estimate of drug-likeness (QED) is 0.524. The van der Waals surface area contributed by atoms with Gasteiger partial charge in [0.05, 0.1) is 4.90 Å². The van der Waals surface area contributed by atoms with E-state index < -0.39 is 27.2 Å². The molecular weight excluding hydrogens is 307 g/mol. The van der Waals surface area contributed by atoms with Gasteiger partial charge in [0, 0.05) is 11.8 Å². The smallest absolute Gasteiger partial charge is 0.311 e. The number of H-pyrrole nitrogens is 2. The number of aromatic amines is 2. The summed E-state index contributed by atoms with van der Waals surface area (Å²) in [4.78, 5) is 33.9. The predicted molar refractivity (Wildman–Crippen MR) is 69.3 cm³/mol. The highest BCUT2D eigenvalue weighted by Gasteiger charge is 2.08. The molecule has 0 fully saturated rings. The summed E-state index contributed by atoms with van der Waals surface area (Å²) in [6.45, 7) is 0. The first-order valence-corrected chi connectivity index (χ1v) is 6.68. The SMILES string of the molecule is O=Cc1cccc(S(=O)(=O)O)c1.O=c1[nH]cc(F)c(=O)[nH]1. The third-order valence-electron chi connectivity index (χ3n) is 2.07. The fraction of sp³-hybridized carbons (Fsp3) is 0. The highest BCUT2D eigenvalue weighted by Crippen LogP contribution is 2.09. The summed E-state index contributed by atoms with van der Waals surface area (Å²) in [6.07, 6.45) is 1.22. The molecule has 1 heterocycles. The van der Waals surface area contributed by atoms with Gasteiger partial charge in [0.25, 0.3) is 15.7 Å². The molecule has 8 nitrogen and oxygen atoms in total. The van der Waals surface area contributed by atoms with E-state index in [1.807, 2.05) is 4.98 Å². The zero-order chi connectivity index (χ0) is 16.0. The molecule has 0 saturated carbocycles. The Bertz CT molecular complexity index is 855. The minimum atomic E-state index is -4.19. The van der Waals surface area contributed by atoms with E-state index in [0.717, 1.165) is 6.07 Å². The van der Waals surface area contributed by atoms with Crippen molar-refractivity contribution >= 4 is 16.4 Å². The molecule has 112 valence electrons. The van der Waals surface area contributed by atoms with E-state index in [0.29, 0.717) is 12.5 Å². The molecule has 1 aromatic heterocycles. The van der Waals surface area contributed by atoms with Gasteiger partial charge in [0.15, 0.2) is 0 Å². The highest BCUT2D eigenvalue weighted by atomic mass is 32.2. The largest absolute Gasteiger partial charge is 0.325 e. The lowest BCUT2D eigenvalue weighted by Gasteiger charge is -1.95. The Balaban J connectivity index is 0.000000219. The number of rotatable bonds is 2. The van der Waals surface area contributed by atoms with Gasteiger partial charge < -0.3 is 4.98 Å². The van der Waals surface area contributed by atoms with Crippen LogP contribution in [0.3, 0.4) is 0 Å². The van der Waals surface area contributed by atoms with Crippen LogP contribution in [0.2, 0.25) is 0 Å². The number of aldehydes is 1. The number of halogens is 1. The molecule has 2 aromatic rings. The Morgan fingerprint density at radius 1 is 1.24 bits per heavy atom. The van der Waals surface area contributed by atoms with Crippen molar-refractivity contribution in [1.82, 2.24) is 9.97 Å². The van der Waals surface area contributed by atoms with Crippen molar-refractivity contribution in [3.05, 3.63) is 62.7 Å². The topological polar surface area (TPSA) is 137 Å². The predicted octanol–water partition coefficient (Wildman–Crippen LogP) is -0.0519. The second kappa shape index (κ2) is 6.72. The molecule has 0 aliphatic carbocycles. The van der Waals surface area contributed by atoms with E-state index in [9.17, 15) is 27.2 Å². The van der Waals surface area contributed by atoms with E-state index in [4.69, 9.17) is 4.55 Å². The maximum atomic E-state index is 12.0. The van der Waals surface area contributed by atoms with Crippen molar-refractivity contribution in [2.45, 2.75) is 4.90 Å². The Hall–Kier alpha value is -2.59. The van der Waals surface area contributed by atoms with Gasteiger partial charge in [-0.2, -0.15) is 12.8 Å². The third-order valence-corrected chi connectivity index (χ3v) is 2.92. The van der Waals surface area contributed by atoms with Crippen LogP contribution in [0.15, 0.2) is 44.9 Å². The Morgan fingerprint density at radius 3 is 2.38 bits per heavy atom. The number of nitrogens with one attached hydrogen (secondary N) is 2. The van der Waals surface area contributed by atoms with Crippen LogP contribution in [0.4, 0.5) is 4.39 Å². The summed E-state index contributed by atoms with van der Waals surface area (Å²) in [5.74, 6) is -0.991. The van der Waals surface area contributed by atoms with Crippen molar-refractivity contribution in [2.75, 3.05) is 0 Å². The van der Waals surface area contributed by atoms with Gasteiger partial charge in [-0.3, -0.25) is 19.1 Å². The van der Waals surface area contributed by atoms with Crippen molar-refractivity contribution in [1.29, 1.82) is 0 Å². The molecule has 2 rings (SSSR count). The summed E-state index contributed by atoms with van der Waals surface area (Å²) < 4.78 is 41.6. The monoisotopic (exact) mass is 316 g/mol. The van der Waals surface area contributed by atoms with Gasteiger partial charge >= 0.3 is 5.69 Å². The molecule has 10 heteroatoms. The summed E-state index contributed by atoms with van der Waals surface area (Å²) in [6, 6.07) is 5.14. The van der Waals surface area contributed by atoms with Crippen molar-refractivity contribution < 1.29 is 22.2 Å². The van der Waals surface area contributed by atoms with Gasteiger partial charge in [-0.05, 0) is 12.1 Å². The van der Waals surface area contributed by atoms with Crippen LogP contribution in [-0.4, -0.2) is 29.2 Å². The molecule has 0 bridgehead atoms. The van der Waals surface area contributed by atoms with Gasteiger partial charge in [-0.25, -0.2) is 4.79 Å². The van der Waals surface area contributed by atoms with Gasteiger partial charge in [-0.1, -0.05) is 12.1 Å². The maximum absolute atomic E-state index is 12.0. The summed E-state index contributed by atoms with van der Waals surface area (Å²) in [5, 5.41) is 0. The number of hydrogen-bond acceptors (Lipinski definition) is 5. The fourth-order valence-electron chi connectivity index (χ4n) is 1.14. The number of carbonyl (C=O) groups is 1. The minimum absolute atomic E-state index is 0.213. The van der Waals surface area contributed by atoms with E-state index in [-0.39, 0.29) is 10.5 Å². The van der Waals surface area contributed by atoms with Crippen LogP contribution in [0.5, 0.6) is 0 Å². The first-order chi connectivity index (χ1) is 9.74. The van der Waals surface area contributed by atoms with Crippen LogP contribution in [0.1, 0.15) is 10.4 Å².